The van der Waals surface area contributed by atoms with Crippen LogP contribution in [-0.4, -0.2) is 40.0 Å². The molecule has 1 fully saturated rings. The Labute approximate surface area is 120 Å². The van der Waals surface area contributed by atoms with E-state index in [1.807, 2.05) is 0 Å². The Kier molecular flexibility index (Phi) is 4.52. The summed E-state index contributed by atoms with van der Waals surface area (Å²) < 4.78 is 22.8. The molecule has 112 valence electrons. The first-order chi connectivity index (χ1) is 9.38. The van der Waals surface area contributed by atoms with Gasteiger partial charge in [0.15, 0.2) is 0 Å². The maximum absolute atomic E-state index is 11.4. The van der Waals surface area contributed by atoms with Crippen molar-refractivity contribution in [2.45, 2.75) is 17.7 Å². The summed E-state index contributed by atoms with van der Waals surface area (Å²) in [6.45, 7) is 2.99. The van der Waals surface area contributed by atoms with Gasteiger partial charge >= 0.3 is 0 Å². The molecule has 20 heavy (non-hydrogen) atoms. The summed E-state index contributed by atoms with van der Waals surface area (Å²) in [5, 5.41) is 8.39. The summed E-state index contributed by atoms with van der Waals surface area (Å²) in [6, 6.07) is 4.84. The number of primary sulfonamides is 1. The van der Waals surface area contributed by atoms with Crippen molar-refractivity contribution in [2.75, 3.05) is 37.7 Å². The van der Waals surface area contributed by atoms with Crippen molar-refractivity contribution in [1.29, 1.82) is 0 Å². The number of nitrogen functional groups attached to an aromatic ring is 1. The number of hydrogen-bond donors (Lipinski definition) is 3. The summed E-state index contributed by atoms with van der Waals surface area (Å²) >= 11 is 0. The van der Waals surface area contributed by atoms with Crippen LogP contribution in [0.5, 0.6) is 0 Å². The van der Waals surface area contributed by atoms with E-state index < -0.39 is 10.0 Å². The van der Waals surface area contributed by atoms with Gasteiger partial charge in [-0.15, -0.1) is 0 Å². The van der Waals surface area contributed by atoms with Crippen molar-refractivity contribution in [3.63, 3.8) is 0 Å². The fourth-order valence-electron chi connectivity index (χ4n) is 2.47. The summed E-state index contributed by atoms with van der Waals surface area (Å²) in [5.41, 5.74) is 6.71. The minimum absolute atomic E-state index is 0.0223. The first kappa shape index (κ1) is 15.1. The number of likely N-dealkylation sites (tertiary alicyclic amines) is 1. The first-order valence-electron chi connectivity index (χ1n) is 6.71. The third-order valence-corrected chi connectivity index (χ3v) is 4.76. The van der Waals surface area contributed by atoms with Crippen molar-refractivity contribution in [2.24, 2.45) is 11.1 Å². The monoisotopic (exact) mass is 298 g/mol. The molecular formula is C13H22N4O2S. The quantitative estimate of drug-likeness (QED) is 0.709. The second kappa shape index (κ2) is 5.99. The van der Waals surface area contributed by atoms with Gasteiger partial charge < -0.3 is 16.0 Å². The number of sulfonamides is 1. The van der Waals surface area contributed by atoms with Crippen LogP contribution in [0.1, 0.15) is 12.8 Å². The predicted octanol–water partition coefficient (Wildman–Crippen LogP) is 0.670. The van der Waals surface area contributed by atoms with Gasteiger partial charge in [0.25, 0.3) is 0 Å². The zero-order valence-corrected chi connectivity index (χ0v) is 12.5. The zero-order valence-electron chi connectivity index (χ0n) is 11.7. The largest absolute Gasteiger partial charge is 0.396 e. The summed E-state index contributed by atoms with van der Waals surface area (Å²) in [7, 11) is -1.66. The highest BCUT2D eigenvalue weighted by Gasteiger charge is 2.18. The van der Waals surface area contributed by atoms with Gasteiger partial charge in [-0.2, -0.15) is 0 Å². The van der Waals surface area contributed by atoms with E-state index in [9.17, 15) is 8.42 Å². The fourth-order valence-corrected chi connectivity index (χ4v) is 3.15. The molecule has 0 unspecified atom stereocenters. The van der Waals surface area contributed by atoms with E-state index in [2.05, 4.69) is 17.3 Å². The molecule has 1 heterocycles. The second-order valence-electron chi connectivity index (χ2n) is 5.39. The van der Waals surface area contributed by atoms with Crippen LogP contribution in [0.15, 0.2) is 23.1 Å². The zero-order chi connectivity index (χ0) is 14.8. The Morgan fingerprint density at radius 1 is 1.35 bits per heavy atom. The third-order valence-electron chi connectivity index (χ3n) is 3.79. The third kappa shape index (κ3) is 3.62. The molecule has 0 amide bonds. The predicted molar refractivity (Wildman–Crippen MR) is 80.9 cm³/mol. The molecule has 2 rings (SSSR count). The summed E-state index contributed by atoms with van der Waals surface area (Å²) in [4.78, 5) is 2.29. The molecule has 1 saturated heterocycles. The number of para-hydroxylation sites is 1. The molecule has 6 nitrogen and oxygen atoms in total. The molecule has 0 atom stereocenters. The minimum Gasteiger partial charge on any atom is -0.396 e. The number of piperidine rings is 1. The van der Waals surface area contributed by atoms with Crippen LogP contribution in [0.25, 0.3) is 0 Å². The lowest BCUT2D eigenvalue weighted by Gasteiger charge is -2.29. The van der Waals surface area contributed by atoms with Crippen molar-refractivity contribution in [1.82, 2.24) is 4.90 Å². The first-order valence-corrected chi connectivity index (χ1v) is 8.26. The maximum Gasteiger partial charge on any atom is 0.240 e. The van der Waals surface area contributed by atoms with E-state index >= 15 is 0 Å². The highest BCUT2D eigenvalue weighted by atomic mass is 32.2. The van der Waals surface area contributed by atoms with Gasteiger partial charge in [0, 0.05) is 6.54 Å². The molecule has 0 saturated carbocycles. The van der Waals surface area contributed by atoms with Crippen molar-refractivity contribution >= 4 is 21.4 Å². The summed E-state index contributed by atoms with van der Waals surface area (Å²) in [5.74, 6) is 0.587. The number of nitrogens with one attached hydrogen (secondary N) is 1. The van der Waals surface area contributed by atoms with Crippen molar-refractivity contribution in [3.05, 3.63) is 18.2 Å². The van der Waals surface area contributed by atoms with Crippen LogP contribution in [0, 0.1) is 5.92 Å². The van der Waals surface area contributed by atoms with Crippen LogP contribution < -0.4 is 16.2 Å². The topological polar surface area (TPSA) is 101 Å². The molecule has 1 aromatic carbocycles. The van der Waals surface area contributed by atoms with Gasteiger partial charge in [0.2, 0.25) is 10.0 Å². The number of nitrogens with zero attached hydrogens (tertiary/aromatic N) is 1. The standard InChI is InChI=1S/C13H22N4O2S/c1-17-7-5-10(6-8-17)9-16-11-3-2-4-12(13(11)14)20(15,18)19/h2-4,10,16H,5-9,14H2,1H3,(H2,15,18,19). The van der Waals surface area contributed by atoms with E-state index in [0.29, 0.717) is 11.6 Å². The minimum atomic E-state index is -3.78. The Hall–Kier alpha value is -1.31. The molecule has 0 radical (unpaired) electrons. The number of anilines is 2. The normalized spacial score (nSPS) is 18.1. The number of nitrogens with two attached hydrogens (primary N) is 2. The molecular weight excluding hydrogens is 276 g/mol. The average molecular weight is 298 g/mol. The molecule has 1 aromatic rings. The lowest BCUT2D eigenvalue weighted by atomic mass is 9.97. The van der Waals surface area contributed by atoms with E-state index in [1.54, 1.807) is 12.1 Å². The lowest BCUT2D eigenvalue weighted by molar-refractivity contribution is 0.226. The van der Waals surface area contributed by atoms with Crippen molar-refractivity contribution < 1.29 is 8.42 Å². The van der Waals surface area contributed by atoms with Gasteiger partial charge in [-0.25, -0.2) is 13.6 Å². The Morgan fingerprint density at radius 2 is 2.00 bits per heavy atom. The van der Waals surface area contributed by atoms with E-state index in [-0.39, 0.29) is 10.6 Å². The highest BCUT2D eigenvalue weighted by Crippen LogP contribution is 2.26. The molecule has 0 aromatic heterocycles. The number of benzene rings is 1. The molecule has 0 bridgehead atoms. The van der Waals surface area contributed by atoms with Gasteiger partial charge in [-0.1, -0.05) is 6.07 Å². The number of hydrogen-bond acceptors (Lipinski definition) is 5. The van der Waals surface area contributed by atoms with Gasteiger partial charge in [-0.3, -0.25) is 0 Å². The van der Waals surface area contributed by atoms with E-state index in [1.165, 1.54) is 6.07 Å². The SMILES string of the molecule is CN1CCC(CNc2cccc(S(N)(=O)=O)c2N)CC1. The van der Waals surface area contributed by atoms with Crippen LogP contribution in [0.2, 0.25) is 0 Å². The van der Waals surface area contributed by atoms with E-state index in [4.69, 9.17) is 10.9 Å². The van der Waals surface area contributed by atoms with Crippen LogP contribution >= 0.6 is 0 Å². The van der Waals surface area contributed by atoms with Gasteiger partial charge in [-0.05, 0) is 51.0 Å². The maximum atomic E-state index is 11.4. The fraction of sp³-hybridized carbons (Fsp3) is 0.538. The van der Waals surface area contributed by atoms with Crippen LogP contribution in [-0.2, 0) is 10.0 Å². The number of rotatable bonds is 4. The Balaban J connectivity index is 2.03. The molecule has 0 aliphatic carbocycles. The van der Waals surface area contributed by atoms with E-state index in [0.717, 1.165) is 32.5 Å². The highest BCUT2D eigenvalue weighted by molar-refractivity contribution is 7.89. The average Bonchev–Trinajstić information content (AvgIpc) is 2.38. The smallest absolute Gasteiger partial charge is 0.240 e. The second-order valence-corrected chi connectivity index (χ2v) is 6.92. The van der Waals surface area contributed by atoms with Crippen molar-refractivity contribution in [3.8, 4) is 0 Å². The molecule has 1 aliphatic rings. The van der Waals surface area contributed by atoms with Gasteiger partial charge in [0.05, 0.1) is 11.4 Å². The molecule has 7 heteroatoms. The van der Waals surface area contributed by atoms with Crippen LogP contribution in [0.3, 0.4) is 0 Å². The van der Waals surface area contributed by atoms with Gasteiger partial charge in [0.1, 0.15) is 4.90 Å². The summed E-state index contributed by atoms with van der Waals surface area (Å²) in [6.07, 6.45) is 2.27. The molecule has 0 spiro atoms. The molecule has 5 N–H and O–H groups in total. The Morgan fingerprint density at radius 3 is 2.60 bits per heavy atom. The molecule has 1 aliphatic heterocycles. The lowest BCUT2D eigenvalue weighted by Crippen LogP contribution is -2.33. The van der Waals surface area contributed by atoms with Crippen LogP contribution in [0.4, 0.5) is 11.4 Å². The Bertz CT molecular complexity index is 566.